The molecule has 6 nitrogen and oxygen atoms in total. The second-order valence-electron chi connectivity index (χ2n) is 8.30. The van der Waals surface area contributed by atoms with E-state index in [4.69, 9.17) is 9.72 Å². The van der Waals surface area contributed by atoms with Gasteiger partial charge in [-0.3, -0.25) is 9.59 Å². The SMILES string of the molecule is COc1ccccc1NC(=O)c1cc(SCC(=O)N2CCc3ccccc3C2)nc2ccccc12. The Labute approximate surface area is 208 Å². The van der Waals surface area contributed by atoms with E-state index in [-0.39, 0.29) is 17.6 Å². The van der Waals surface area contributed by atoms with E-state index in [1.54, 1.807) is 25.3 Å². The molecule has 0 atom stereocenters. The van der Waals surface area contributed by atoms with Crippen LogP contribution in [0.5, 0.6) is 5.75 Å². The molecule has 1 N–H and O–H groups in total. The van der Waals surface area contributed by atoms with Crippen molar-refractivity contribution in [1.29, 1.82) is 0 Å². The summed E-state index contributed by atoms with van der Waals surface area (Å²) >= 11 is 1.36. The molecule has 0 aliphatic carbocycles. The summed E-state index contributed by atoms with van der Waals surface area (Å²) < 4.78 is 5.36. The molecule has 5 rings (SSSR count). The molecule has 0 saturated heterocycles. The number of carbonyl (C=O) groups excluding carboxylic acids is 2. The van der Waals surface area contributed by atoms with Gasteiger partial charge in [0.2, 0.25) is 5.91 Å². The summed E-state index contributed by atoms with van der Waals surface area (Å²) in [6, 6.07) is 24.8. The number of methoxy groups -OCH3 is 1. The maximum atomic E-state index is 13.3. The molecule has 0 bridgehead atoms. The van der Waals surface area contributed by atoms with Crippen molar-refractivity contribution in [3.63, 3.8) is 0 Å². The Bertz CT molecular complexity index is 1410. The number of nitrogens with one attached hydrogen (secondary N) is 1. The highest BCUT2D eigenvalue weighted by Gasteiger charge is 2.21. The van der Waals surface area contributed by atoms with Crippen LogP contribution in [0.1, 0.15) is 21.5 Å². The van der Waals surface area contributed by atoms with Gasteiger partial charge in [0.25, 0.3) is 5.91 Å². The number of carbonyl (C=O) groups is 2. The number of benzene rings is 3. The van der Waals surface area contributed by atoms with Crippen LogP contribution in [0.15, 0.2) is 83.9 Å². The van der Waals surface area contributed by atoms with Gasteiger partial charge in [-0.15, -0.1) is 0 Å². The average Bonchev–Trinajstić information content (AvgIpc) is 2.91. The number of aromatic nitrogens is 1. The van der Waals surface area contributed by atoms with Gasteiger partial charge in [-0.1, -0.05) is 66.4 Å². The molecule has 1 aliphatic rings. The smallest absolute Gasteiger partial charge is 0.256 e. The fourth-order valence-corrected chi connectivity index (χ4v) is 5.10. The predicted molar refractivity (Wildman–Crippen MR) is 139 cm³/mol. The van der Waals surface area contributed by atoms with Crippen molar-refractivity contribution in [2.75, 3.05) is 24.7 Å². The largest absolute Gasteiger partial charge is 0.495 e. The van der Waals surface area contributed by atoms with Gasteiger partial charge in [0.15, 0.2) is 0 Å². The monoisotopic (exact) mass is 483 g/mol. The van der Waals surface area contributed by atoms with Crippen LogP contribution in [0.25, 0.3) is 10.9 Å². The van der Waals surface area contributed by atoms with Gasteiger partial charge in [-0.25, -0.2) is 4.98 Å². The third-order valence-electron chi connectivity index (χ3n) is 6.12. The molecule has 2 heterocycles. The number of ether oxygens (including phenoxy) is 1. The highest BCUT2D eigenvalue weighted by atomic mass is 32.2. The van der Waals surface area contributed by atoms with Crippen LogP contribution in [0.4, 0.5) is 5.69 Å². The topological polar surface area (TPSA) is 71.5 Å². The van der Waals surface area contributed by atoms with Crippen LogP contribution in [0.3, 0.4) is 0 Å². The molecule has 3 aromatic carbocycles. The Balaban J connectivity index is 1.35. The Morgan fingerprint density at radius 2 is 1.74 bits per heavy atom. The van der Waals surface area contributed by atoms with Crippen LogP contribution < -0.4 is 10.1 Å². The Hall–Kier alpha value is -3.84. The van der Waals surface area contributed by atoms with Crippen LogP contribution >= 0.6 is 11.8 Å². The molecular formula is C28H25N3O3S. The normalized spacial score (nSPS) is 12.8. The zero-order valence-electron chi connectivity index (χ0n) is 19.4. The van der Waals surface area contributed by atoms with Crippen molar-refractivity contribution in [2.45, 2.75) is 18.0 Å². The van der Waals surface area contributed by atoms with Crippen molar-refractivity contribution in [3.05, 3.63) is 95.6 Å². The van der Waals surface area contributed by atoms with Crippen molar-refractivity contribution < 1.29 is 14.3 Å². The number of anilines is 1. The number of hydrogen-bond donors (Lipinski definition) is 1. The third-order valence-corrected chi connectivity index (χ3v) is 7.02. The first-order chi connectivity index (χ1) is 17.1. The van der Waals surface area contributed by atoms with Gasteiger partial charge in [0.05, 0.1) is 34.7 Å². The maximum Gasteiger partial charge on any atom is 0.256 e. The van der Waals surface area contributed by atoms with E-state index in [0.717, 1.165) is 11.8 Å². The second-order valence-corrected chi connectivity index (χ2v) is 9.30. The van der Waals surface area contributed by atoms with Gasteiger partial charge in [0, 0.05) is 18.5 Å². The van der Waals surface area contributed by atoms with E-state index >= 15 is 0 Å². The van der Waals surface area contributed by atoms with E-state index in [1.807, 2.05) is 53.4 Å². The summed E-state index contributed by atoms with van der Waals surface area (Å²) in [6.45, 7) is 1.35. The first-order valence-electron chi connectivity index (χ1n) is 11.4. The molecule has 176 valence electrons. The first-order valence-corrected chi connectivity index (χ1v) is 12.4. The van der Waals surface area contributed by atoms with Gasteiger partial charge in [-0.05, 0) is 41.8 Å². The molecule has 35 heavy (non-hydrogen) atoms. The number of pyridine rings is 1. The van der Waals surface area contributed by atoms with E-state index < -0.39 is 0 Å². The molecule has 7 heteroatoms. The number of fused-ring (bicyclic) bond motifs is 2. The van der Waals surface area contributed by atoms with Crippen LogP contribution in [0.2, 0.25) is 0 Å². The van der Waals surface area contributed by atoms with Gasteiger partial charge < -0.3 is 15.0 Å². The summed E-state index contributed by atoms with van der Waals surface area (Å²) in [6.07, 6.45) is 0.869. The van der Waals surface area contributed by atoms with Crippen LogP contribution in [-0.2, 0) is 17.8 Å². The maximum absolute atomic E-state index is 13.3. The highest BCUT2D eigenvalue weighted by molar-refractivity contribution is 7.99. The van der Waals surface area contributed by atoms with Crippen LogP contribution in [0, 0.1) is 0 Å². The number of hydrogen-bond acceptors (Lipinski definition) is 5. The summed E-state index contributed by atoms with van der Waals surface area (Å²) in [5, 5.41) is 4.34. The minimum atomic E-state index is -0.256. The lowest BCUT2D eigenvalue weighted by atomic mass is 10.00. The van der Waals surface area contributed by atoms with Crippen molar-refractivity contribution in [3.8, 4) is 5.75 Å². The second kappa shape index (κ2) is 10.2. The van der Waals surface area contributed by atoms with Crippen molar-refractivity contribution in [1.82, 2.24) is 9.88 Å². The standard InChI is InChI=1S/C28H25N3O3S/c1-34-25-13-7-6-12-24(25)30-28(33)22-16-26(29-23-11-5-4-10-21(22)23)35-18-27(32)31-15-14-19-8-2-3-9-20(19)17-31/h2-13,16H,14-15,17-18H2,1H3,(H,30,33). The fraction of sp³-hybridized carbons (Fsp3) is 0.179. The predicted octanol–water partition coefficient (Wildman–Crippen LogP) is 5.17. The Morgan fingerprint density at radius 1 is 1.00 bits per heavy atom. The first kappa shape index (κ1) is 22.9. The number of para-hydroxylation sites is 3. The minimum Gasteiger partial charge on any atom is -0.495 e. The Kier molecular flexibility index (Phi) is 6.68. The zero-order chi connectivity index (χ0) is 24.2. The molecular weight excluding hydrogens is 458 g/mol. The number of nitrogens with zero attached hydrogens (tertiary/aromatic N) is 2. The van der Waals surface area contributed by atoms with E-state index in [9.17, 15) is 9.59 Å². The summed E-state index contributed by atoms with van der Waals surface area (Å²) in [5.41, 5.74) is 4.32. The van der Waals surface area contributed by atoms with E-state index in [1.165, 1.54) is 22.9 Å². The van der Waals surface area contributed by atoms with Gasteiger partial charge >= 0.3 is 0 Å². The highest BCUT2D eigenvalue weighted by Crippen LogP contribution is 2.28. The molecule has 1 aliphatic heterocycles. The van der Waals surface area contributed by atoms with Gasteiger partial charge in [0.1, 0.15) is 5.75 Å². The lowest BCUT2D eigenvalue weighted by molar-refractivity contribution is -0.129. The van der Waals surface area contributed by atoms with E-state index in [2.05, 4.69) is 17.4 Å². The lowest BCUT2D eigenvalue weighted by Crippen LogP contribution is -2.37. The lowest BCUT2D eigenvalue weighted by Gasteiger charge is -2.28. The minimum absolute atomic E-state index is 0.0690. The average molecular weight is 484 g/mol. The zero-order valence-corrected chi connectivity index (χ0v) is 20.2. The fourth-order valence-electron chi connectivity index (χ4n) is 4.29. The Morgan fingerprint density at radius 3 is 2.60 bits per heavy atom. The van der Waals surface area contributed by atoms with E-state index in [0.29, 0.717) is 40.6 Å². The number of amides is 2. The molecule has 0 fully saturated rings. The van der Waals surface area contributed by atoms with Crippen LogP contribution in [-0.4, -0.2) is 41.1 Å². The van der Waals surface area contributed by atoms with Crippen molar-refractivity contribution >= 4 is 40.2 Å². The molecule has 0 spiro atoms. The van der Waals surface area contributed by atoms with Crippen molar-refractivity contribution in [2.24, 2.45) is 0 Å². The molecule has 0 saturated carbocycles. The molecule has 2 amide bonds. The summed E-state index contributed by atoms with van der Waals surface area (Å²) in [4.78, 5) is 32.8. The molecule has 4 aromatic rings. The number of thioether (sulfide) groups is 1. The van der Waals surface area contributed by atoms with Gasteiger partial charge in [-0.2, -0.15) is 0 Å². The molecule has 0 radical (unpaired) electrons. The number of rotatable bonds is 6. The molecule has 0 unspecified atom stereocenters. The summed E-state index contributed by atoms with van der Waals surface area (Å²) in [7, 11) is 1.57. The summed E-state index contributed by atoms with van der Waals surface area (Å²) in [5.74, 6) is 0.664. The quantitative estimate of drug-likeness (QED) is 0.383. The third kappa shape index (κ3) is 5.00. The molecule has 1 aromatic heterocycles.